The van der Waals surface area contributed by atoms with E-state index >= 15 is 0 Å². The first-order valence-electron chi connectivity index (χ1n) is 7.98. The zero-order valence-electron chi connectivity index (χ0n) is 13.9. The van der Waals surface area contributed by atoms with E-state index in [1.165, 1.54) is 22.5 Å². The van der Waals surface area contributed by atoms with E-state index in [0.717, 1.165) is 37.5 Å². The number of carbonyl (C=O) groups is 1. The number of carbonyl (C=O) groups excluding carboxylic acids is 1. The Kier molecular flexibility index (Phi) is 9.38. The highest BCUT2D eigenvalue weighted by atomic mass is 35.5. The summed E-state index contributed by atoms with van der Waals surface area (Å²) in [5.74, 6) is -0.0954. The number of halogens is 2. The first-order chi connectivity index (χ1) is 11.3. The summed E-state index contributed by atoms with van der Waals surface area (Å²) in [5.41, 5.74) is 8.85. The van der Waals surface area contributed by atoms with Crippen LogP contribution in [0.1, 0.15) is 26.6 Å². The molecule has 2 aromatic rings. The van der Waals surface area contributed by atoms with E-state index in [4.69, 9.17) is 5.73 Å². The number of nitrogens with zero attached hydrogens (tertiary/aromatic N) is 2. The van der Waals surface area contributed by atoms with Crippen molar-refractivity contribution in [3.63, 3.8) is 0 Å². The Balaban J connectivity index is 0.00000156. The van der Waals surface area contributed by atoms with Crippen molar-refractivity contribution in [2.75, 3.05) is 26.2 Å². The van der Waals surface area contributed by atoms with E-state index in [-0.39, 0.29) is 30.7 Å². The molecule has 1 aromatic heterocycles. The quantitative estimate of drug-likeness (QED) is 0.777. The van der Waals surface area contributed by atoms with Gasteiger partial charge in [0.1, 0.15) is 5.69 Å². The standard InChI is InChI=1S/C17H22N4OS.2ClH/c18-7-5-16-20-15(12-23-16)17(22)19-8-10-21-9-6-13-3-1-2-4-14(13)11-21;;/h1-4,12H,5-11,18H2,(H,19,22);2*1H. The largest absolute Gasteiger partial charge is 0.349 e. The molecule has 3 rings (SSSR count). The molecule has 0 bridgehead atoms. The zero-order chi connectivity index (χ0) is 16.1. The molecule has 3 N–H and O–H groups in total. The summed E-state index contributed by atoms with van der Waals surface area (Å²) in [6, 6.07) is 8.58. The SMILES string of the molecule is Cl.Cl.NCCc1nc(C(=O)NCCN2CCc3ccccc3C2)cs1. The molecule has 8 heteroatoms. The van der Waals surface area contributed by atoms with Crippen LogP contribution in [0.4, 0.5) is 0 Å². The minimum atomic E-state index is -0.0954. The second kappa shape index (κ2) is 10.7. The minimum absolute atomic E-state index is 0. The fraction of sp³-hybridized carbons (Fsp3) is 0.412. The summed E-state index contributed by atoms with van der Waals surface area (Å²) in [4.78, 5) is 18.8. The molecule has 0 saturated carbocycles. The fourth-order valence-corrected chi connectivity index (χ4v) is 3.61. The van der Waals surface area contributed by atoms with Crippen molar-refractivity contribution in [2.45, 2.75) is 19.4 Å². The lowest BCUT2D eigenvalue weighted by Gasteiger charge is -2.28. The monoisotopic (exact) mass is 402 g/mol. The maximum atomic E-state index is 12.1. The van der Waals surface area contributed by atoms with Crippen LogP contribution < -0.4 is 11.1 Å². The molecule has 0 atom stereocenters. The van der Waals surface area contributed by atoms with Crippen molar-refractivity contribution in [3.05, 3.63) is 51.5 Å². The Morgan fingerprint density at radius 2 is 2.04 bits per heavy atom. The van der Waals surface area contributed by atoms with Gasteiger partial charge in [0, 0.05) is 38.0 Å². The van der Waals surface area contributed by atoms with Gasteiger partial charge in [0.15, 0.2) is 0 Å². The molecule has 0 saturated heterocycles. The Labute approximate surface area is 164 Å². The second-order valence-corrected chi connectivity index (χ2v) is 6.66. The molecule has 138 valence electrons. The number of nitrogens with two attached hydrogens (primary N) is 1. The van der Waals surface area contributed by atoms with Crippen LogP contribution in [0.5, 0.6) is 0 Å². The third-order valence-electron chi connectivity index (χ3n) is 4.07. The molecule has 25 heavy (non-hydrogen) atoms. The molecule has 5 nitrogen and oxygen atoms in total. The average molecular weight is 403 g/mol. The van der Waals surface area contributed by atoms with Crippen LogP contribution in [0.3, 0.4) is 0 Å². The average Bonchev–Trinajstić information content (AvgIpc) is 3.04. The number of fused-ring (bicyclic) bond motifs is 1. The first-order valence-corrected chi connectivity index (χ1v) is 8.86. The number of aromatic nitrogens is 1. The van der Waals surface area contributed by atoms with Crippen LogP contribution >= 0.6 is 36.2 Å². The lowest BCUT2D eigenvalue weighted by atomic mass is 10.00. The van der Waals surface area contributed by atoms with Gasteiger partial charge >= 0.3 is 0 Å². The van der Waals surface area contributed by atoms with E-state index in [2.05, 4.69) is 39.5 Å². The van der Waals surface area contributed by atoms with Gasteiger partial charge in [-0.25, -0.2) is 4.98 Å². The number of amides is 1. The second-order valence-electron chi connectivity index (χ2n) is 5.72. The Bertz CT molecular complexity index is 680. The summed E-state index contributed by atoms with van der Waals surface area (Å²) in [6.07, 6.45) is 1.81. The maximum Gasteiger partial charge on any atom is 0.270 e. The lowest BCUT2D eigenvalue weighted by molar-refractivity contribution is 0.0943. The van der Waals surface area contributed by atoms with Gasteiger partial charge in [-0.05, 0) is 24.1 Å². The molecule has 1 aromatic carbocycles. The van der Waals surface area contributed by atoms with Gasteiger partial charge in [-0.15, -0.1) is 36.2 Å². The zero-order valence-corrected chi connectivity index (χ0v) is 16.4. The Hall–Kier alpha value is -1.18. The van der Waals surface area contributed by atoms with Crippen LogP contribution in [-0.4, -0.2) is 42.0 Å². The summed E-state index contributed by atoms with van der Waals surface area (Å²) in [5, 5.41) is 5.68. The Morgan fingerprint density at radius 3 is 2.80 bits per heavy atom. The lowest BCUT2D eigenvalue weighted by Crippen LogP contribution is -2.37. The van der Waals surface area contributed by atoms with Gasteiger partial charge in [-0.3, -0.25) is 9.69 Å². The van der Waals surface area contributed by atoms with Crippen LogP contribution in [0.25, 0.3) is 0 Å². The number of thiazole rings is 1. The van der Waals surface area contributed by atoms with E-state index in [1.807, 2.05) is 0 Å². The van der Waals surface area contributed by atoms with Gasteiger partial charge in [0.2, 0.25) is 0 Å². The highest BCUT2D eigenvalue weighted by Gasteiger charge is 2.16. The highest BCUT2D eigenvalue weighted by molar-refractivity contribution is 7.09. The van der Waals surface area contributed by atoms with Crippen LogP contribution in [0.15, 0.2) is 29.6 Å². The van der Waals surface area contributed by atoms with Gasteiger partial charge < -0.3 is 11.1 Å². The summed E-state index contributed by atoms with van der Waals surface area (Å²) >= 11 is 1.49. The summed E-state index contributed by atoms with van der Waals surface area (Å²) in [7, 11) is 0. The van der Waals surface area contributed by atoms with Gasteiger partial charge in [-0.2, -0.15) is 0 Å². The molecule has 0 unspecified atom stereocenters. The van der Waals surface area contributed by atoms with E-state index in [9.17, 15) is 4.79 Å². The number of hydrogen-bond acceptors (Lipinski definition) is 5. The third kappa shape index (κ3) is 5.94. The van der Waals surface area contributed by atoms with Crippen molar-refractivity contribution in [2.24, 2.45) is 5.73 Å². The molecule has 1 aliphatic heterocycles. The predicted molar refractivity (Wildman–Crippen MR) is 107 cm³/mol. The number of rotatable bonds is 6. The van der Waals surface area contributed by atoms with Crippen molar-refractivity contribution in [1.29, 1.82) is 0 Å². The van der Waals surface area contributed by atoms with Gasteiger partial charge in [-0.1, -0.05) is 24.3 Å². The minimum Gasteiger partial charge on any atom is -0.349 e. The third-order valence-corrected chi connectivity index (χ3v) is 4.97. The number of hydrogen-bond donors (Lipinski definition) is 2. The van der Waals surface area contributed by atoms with Crippen molar-refractivity contribution >= 4 is 42.1 Å². The smallest absolute Gasteiger partial charge is 0.270 e. The van der Waals surface area contributed by atoms with Crippen molar-refractivity contribution in [1.82, 2.24) is 15.2 Å². The van der Waals surface area contributed by atoms with Gasteiger partial charge in [0.25, 0.3) is 5.91 Å². The van der Waals surface area contributed by atoms with Gasteiger partial charge in [0.05, 0.1) is 5.01 Å². The molecule has 1 amide bonds. The van der Waals surface area contributed by atoms with Crippen molar-refractivity contribution < 1.29 is 4.79 Å². The fourth-order valence-electron chi connectivity index (χ4n) is 2.82. The van der Waals surface area contributed by atoms with E-state index in [0.29, 0.717) is 18.8 Å². The predicted octanol–water partition coefficient (Wildman–Crippen LogP) is 2.28. The van der Waals surface area contributed by atoms with E-state index < -0.39 is 0 Å². The van der Waals surface area contributed by atoms with Crippen LogP contribution in [0, 0.1) is 0 Å². The molecular weight excluding hydrogens is 379 g/mol. The summed E-state index contributed by atoms with van der Waals surface area (Å²) < 4.78 is 0. The maximum absolute atomic E-state index is 12.1. The van der Waals surface area contributed by atoms with Crippen molar-refractivity contribution in [3.8, 4) is 0 Å². The molecule has 0 spiro atoms. The van der Waals surface area contributed by atoms with E-state index in [1.54, 1.807) is 5.38 Å². The number of benzene rings is 1. The number of nitrogens with one attached hydrogen (secondary N) is 1. The highest BCUT2D eigenvalue weighted by Crippen LogP contribution is 2.17. The summed E-state index contributed by atoms with van der Waals surface area (Å²) in [6.45, 7) is 4.07. The molecule has 0 radical (unpaired) electrons. The molecular formula is C17H24Cl2N4OS. The van der Waals surface area contributed by atoms with Crippen LogP contribution in [-0.2, 0) is 19.4 Å². The Morgan fingerprint density at radius 1 is 1.28 bits per heavy atom. The molecule has 0 fully saturated rings. The normalized spacial score (nSPS) is 13.3. The molecule has 1 aliphatic rings. The first kappa shape index (κ1) is 21.9. The van der Waals surface area contributed by atoms with Crippen LogP contribution in [0.2, 0.25) is 0 Å². The molecule has 0 aliphatic carbocycles. The molecule has 2 heterocycles. The topological polar surface area (TPSA) is 71.2 Å².